The Hall–Kier alpha value is -3.47. The molecule has 2 heterocycles. The van der Waals surface area contributed by atoms with E-state index in [1.165, 1.54) is 11.6 Å². The number of carbonyl (C=O) groups is 1. The molecular weight excluding hydrogens is 413 g/mol. The molecule has 1 fully saturated rings. The molecule has 1 saturated carbocycles. The lowest BCUT2D eigenvalue weighted by Gasteiger charge is -2.33. The minimum absolute atomic E-state index is 0.0284. The highest BCUT2D eigenvalue weighted by Gasteiger charge is 2.28. The molecule has 0 unspecified atom stereocenters. The van der Waals surface area contributed by atoms with Crippen LogP contribution < -0.4 is 5.32 Å². The van der Waals surface area contributed by atoms with Crippen LogP contribution in [0.15, 0.2) is 79.3 Å². The molecule has 2 aromatic carbocycles. The Morgan fingerprint density at radius 2 is 1.76 bits per heavy atom. The molecule has 1 atom stereocenters. The molecule has 168 valence electrons. The Morgan fingerprint density at radius 3 is 2.48 bits per heavy atom. The number of nitrogens with zero attached hydrogens (tertiary/aromatic N) is 2. The molecule has 4 nitrogen and oxygen atoms in total. The molecule has 1 N–H and O–H groups in total. The lowest BCUT2D eigenvalue weighted by molar-refractivity contribution is 0.0918. The fourth-order valence-corrected chi connectivity index (χ4v) is 5.13. The molecule has 1 aliphatic carbocycles. The summed E-state index contributed by atoms with van der Waals surface area (Å²) in [6.45, 7) is 2.11. The fraction of sp³-hybridized carbons (Fsp3) is 0.286. The van der Waals surface area contributed by atoms with Crippen LogP contribution in [0.2, 0.25) is 0 Å². The van der Waals surface area contributed by atoms with Gasteiger partial charge in [0, 0.05) is 41.3 Å². The molecule has 1 amide bonds. The van der Waals surface area contributed by atoms with Gasteiger partial charge in [0.1, 0.15) is 5.82 Å². The van der Waals surface area contributed by atoms with Gasteiger partial charge in [-0.2, -0.15) is 0 Å². The monoisotopic (exact) mass is 441 g/mol. The first-order valence-electron chi connectivity index (χ1n) is 11.7. The third kappa shape index (κ3) is 4.54. The summed E-state index contributed by atoms with van der Waals surface area (Å²) in [5, 5.41) is 4.13. The van der Waals surface area contributed by atoms with Crippen LogP contribution in [0.3, 0.4) is 0 Å². The second-order valence-corrected chi connectivity index (χ2v) is 9.07. The zero-order chi connectivity index (χ0) is 22.8. The molecule has 5 rings (SSSR count). The molecule has 5 heteroatoms. The van der Waals surface area contributed by atoms with Gasteiger partial charge in [0.2, 0.25) is 0 Å². The predicted molar refractivity (Wildman–Crippen MR) is 129 cm³/mol. The Kier molecular flexibility index (Phi) is 5.95. The topological polar surface area (TPSA) is 46.9 Å². The van der Waals surface area contributed by atoms with Crippen molar-refractivity contribution in [1.29, 1.82) is 0 Å². The number of halogens is 1. The van der Waals surface area contributed by atoms with E-state index in [4.69, 9.17) is 0 Å². The normalized spacial score (nSPS) is 19.3. The Morgan fingerprint density at radius 1 is 1.03 bits per heavy atom. The first-order chi connectivity index (χ1) is 16.1. The van der Waals surface area contributed by atoms with Crippen molar-refractivity contribution in [3.8, 4) is 5.69 Å². The highest BCUT2D eigenvalue weighted by molar-refractivity contribution is 5.94. The van der Waals surface area contributed by atoms with E-state index in [0.717, 1.165) is 42.3 Å². The number of amides is 1. The standard InChI is InChI=1S/C28H28FN3O/c1-19(31-28(33)22-8-11-24(12-9-22)32-16-2-3-17-32)20-4-6-21(7-5-20)25-14-15-30-27-13-10-23(29)18-26(25)27/h2-3,8-21H,4-7H2,1H3,(H,31,33)/t19-,20-,21+/m1/s1. The number of nitrogens with one attached hydrogen (secondary N) is 1. The minimum atomic E-state index is -0.219. The lowest BCUT2D eigenvalue weighted by Crippen LogP contribution is -2.39. The maximum absolute atomic E-state index is 13.8. The number of hydrogen-bond acceptors (Lipinski definition) is 2. The van der Waals surface area contributed by atoms with Gasteiger partial charge >= 0.3 is 0 Å². The molecule has 0 saturated heterocycles. The smallest absolute Gasteiger partial charge is 0.251 e. The number of aromatic nitrogens is 2. The van der Waals surface area contributed by atoms with Crippen LogP contribution in [-0.4, -0.2) is 21.5 Å². The van der Waals surface area contributed by atoms with E-state index in [9.17, 15) is 9.18 Å². The zero-order valence-corrected chi connectivity index (χ0v) is 18.7. The Labute approximate surface area is 193 Å². The second-order valence-electron chi connectivity index (χ2n) is 9.07. The molecule has 33 heavy (non-hydrogen) atoms. The molecule has 0 radical (unpaired) electrons. The third-order valence-corrected chi connectivity index (χ3v) is 7.05. The molecule has 2 aromatic heterocycles. The molecule has 0 bridgehead atoms. The summed E-state index contributed by atoms with van der Waals surface area (Å²) < 4.78 is 15.9. The Balaban J connectivity index is 1.20. The van der Waals surface area contributed by atoms with Crippen molar-refractivity contribution in [1.82, 2.24) is 14.9 Å². The van der Waals surface area contributed by atoms with Crippen molar-refractivity contribution < 1.29 is 9.18 Å². The van der Waals surface area contributed by atoms with Gasteiger partial charge in [0.15, 0.2) is 0 Å². The first-order valence-corrected chi connectivity index (χ1v) is 11.7. The van der Waals surface area contributed by atoms with Gasteiger partial charge in [-0.3, -0.25) is 9.78 Å². The number of benzene rings is 2. The van der Waals surface area contributed by atoms with Crippen molar-refractivity contribution in [3.05, 3.63) is 96.2 Å². The highest BCUT2D eigenvalue weighted by Crippen LogP contribution is 2.39. The summed E-state index contributed by atoms with van der Waals surface area (Å²) in [5.74, 6) is 0.592. The zero-order valence-electron chi connectivity index (χ0n) is 18.7. The summed E-state index contributed by atoms with van der Waals surface area (Å²) >= 11 is 0. The van der Waals surface area contributed by atoms with Gasteiger partial charge in [0.05, 0.1) is 5.52 Å². The van der Waals surface area contributed by atoms with Gasteiger partial charge in [0.25, 0.3) is 5.91 Å². The highest BCUT2D eigenvalue weighted by atomic mass is 19.1. The maximum atomic E-state index is 13.8. The molecule has 0 spiro atoms. The minimum Gasteiger partial charge on any atom is -0.349 e. The summed E-state index contributed by atoms with van der Waals surface area (Å²) in [6.07, 6.45) is 9.94. The molecule has 0 aliphatic heterocycles. The number of fused-ring (bicyclic) bond motifs is 1. The molecule has 1 aliphatic rings. The quantitative estimate of drug-likeness (QED) is 0.397. The van der Waals surface area contributed by atoms with Gasteiger partial charge < -0.3 is 9.88 Å². The van der Waals surface area contributed by atoms with Gasteiger partial charge in [-0.25, -0.2) is 4.39 Å². The van der Waals surface area contributed by atoms with Crippen LogP contribution >= 0.6 is 0 Å². The number of carbonyl (C=O) groups excluding carboxylic acids is 1. The summed E-state index contributed by atoms with van der Waals surface area (Å²) in [6, 6.07) is 18.6. The molecule has 4 aromatic rings. The van der Waals surface area contributed by atoms with E-state index >= 15 is 0 Å². The van der Waals surface area contributed by atoms with Crippen LogP contribution in [0.1, 0.15) is 54.4 Å². The van der Waals surface area contributed by atoms with Crippen molar-refractivity contribution in [2.75, 3.05) is 0 Å². The van der Waals surface area contributed by atoms with Crippen molar-refractivity contribution in [2.24, 2.45) is 5.92 Å². The van der Waals surface area contributed by atoms with E-state index in [1.54, 1.807) is 12.1 Å². The van der Waals surface area contributed by atoms with Gasteiger partial charge in [-0.15, -0.1) is 0 Å². The first kappa shape index (κ1) is 21.4. The van der Waals surface area contributed by atoms with E-state index in [0.29, 0.717) is 17.4 Å². The van der Waals surface area contributed by atoms with E-state index in [1.807, 2.05) is 65.6 Å². The van der Waals surface area contributed by atoms with Crippen LogP contribution in [-0.2, 0) is 0 Å². The second kappa shape index (κ2) is 9.18. The van der Waals surface area contributed by atoms with Crippen LogP contribution in [0.5, 0.6) is 0 Å². The summed E-state index contributed by atoms with van der Waals surface area (Å²) in [4.78, 5) is 17.2. The van der Waals surface area contributed by atoms with Crippen LogP contribution in [0.4, 0.5) is 4.39 Å². The molecular formula is C28H28FN3O. The summed E-state index contributed by atoms with van der Waals surface area (Å²) in [5.41, 5.74) is 3.75. The van der Waals surface area contributed by atoms with Crippen molar-refractivity contribution in [3.63, 3.8) is 0 Å². The number of rotatable bonds is 5. The third-order valence-electron chi connectivity index (χ3n) is 7.05. The lowest BCUT2D eigenvalue weighted by atomic mass is 9.75. The predicted octanol–water partition coefficient (Wildman–Crippen LogP) is 6.26. The fourth-order valence-electron chi connectivity index (χ4n) is 5.13. The van der Waals surface area contributed by atoms with E-state index in [2.05, 4.69) is 17.2 Å². The SMILES string of the molecule is C[C@@H](NC(=O)c1ccc(-n2cccc2)cc1)[C@H]1CC[C@@H](c2ccnc3ccc(F)cc32)CC1. The van der Waals surface area contributed by atoms with Gasteiger partial charge in [-0.1, -0.05) is 0 Å². The number of hydrogen-bond donors (Lipinski definition) is 1. The average molecular weight is 442 g/mol. The Bertz CT molecular complexity index is 1240. The maximum Gasteiger partial charge on any atom is 0.251 e. The summed E-state index contributed by atoms with van der Waals surface area (Å²) in [7, 11) is 0. The average Bonchev–Trinajstić information content (AvgIpc) is 3.39. The van der Waals surface area contributed by atoms with Crippen LogP contribution in [0, 0.1) is 11.7 Å². The van der Waals surface area contributed by atoms with E-state index in [-0.39, 0.29) is 17.8 Å². The number of pyridine rings is 1. The van der Waals surface area contributed by atoms with Crippen molar-refractivity contribution in [2.45, 2.75) is 44.6 Å². The van der Waals surface area contributed by atoms with Gasteiger partial charge in [-0.05, 0) is 111 Å². The largest absolute Gasteiger partial charge is 0.349 e. The van der Waals surface area contributed by atoms with E-state index < -0.39 is 0 Å². The van der Waals surface area contributed by atoms with Crippen LogP contribution in [0.25, 0.3) is 16.6 Å². The van der Waals surface area contributed by atoms with Crippen molar-refractivity contribution >= 4 is 16.8 Å².